The molecule has 0 spiro atoms. The van der Waals surface area contributed by atoms with Gasteiger partial charge in [0.05, 0.1) is 9.85 Å². The molecule has 0 amide bonds. The van der Waals surface area contributed by atoms with Gasteiger partial charge in [-0.3, -0.25) is 20.2 Å². The molecule has 0 saturated heterocycles. The first-order valence-electron chi connectivity index (χ1n) is 6.44. The van der Waals surface area contributed by atoms with Crippen LogP contribution in [0.15, 0.2) is 42.5 Å². The van der Waals surface area contributed by atoms with Gasteiger partial charge in [0, 0.05) is 23.9 Å². The molecular formula is C14H12N4O4S. The Morgan fingerprint density at radius 2 is 1.65 bits per heavy atom. The van der Waals surface area contributed by atoms with Crippen molar-refractivity contribution in [2.75, 3.05) is 10.6 Å². The number of non-ortho nitro benzene ring substituents is 1. The highest BCUT2D eigenvalue weighted by atomic mass is 32.1. The van der Waals surface area contributed by atoms with Crippen LogP contribution in [0, 0.1) is 27.2 Å². The van der Waals surface area contributed by atoms with Crippen LogP contribution in [0.25, 0.3) is 0 Å². The second kappa shape index (κ2) is 6.79. The lowest BCUT2D eigenvalue weighted by Crippen LogP contribution is -2.19. The van der Waals surface area contributed by atoms with Crippen molar-refractivity contribution in [1.29, 1.82) is 0 Å². The summed E-state index contributed by atoms with van der Waals surface area (Å²) in [6, 6.07) is 10.4. The highest BCUT2D eigenvalue weighted by Gasteiger charge is 2.14. The molecule has 0 aromatic heterocycles. The molecule has 0 heterocycles. The van der Waals surface area contributed by atoms with Crippen LogP contribution in [-0.4, -0.2) is 15.0 Å². The largest absolute Gasteiger partial charge is 0.332 e. The van der Waals surface area contributed by atoms with Crippen molar-refractivity contribution in [3.05, 3.63) is 68.3 Å². The summed E-state index contributed by atoms with van der Waals surface area (Å²) in [4.78, 5) is 20.6. The number of rotatable bonds is 4. The molecule has 0 fully saturated rings. The maximum atomic E-state index is 11.1. The Balaban J connectivity index is 2.11. The van der Waals surface area contributed by atoms with E-state index < -0.39 is 9.85 Å². The number of nitro groups is 2. The number of thiocarbonyl (C=S) groups is 1. The monoisotopic (exact) mass is 332 g/mol. The summed E-state index contributed by atoms with van der Waals surface area (Å²) >= 11 is 5.10. The maximum absolute atomic E-state index is 11.1. The molecule has 0 atom stereocenters. The van der Waals surface area contributed by atoms with Crippen molar-refractivity contribution < 1.29 is 9.85 Å². The topological polar surface area (TPSA) is 110 Å². The van der Waals surface area contributed by atoms with Gasteiger partial charge < -0.3 is 10.6 Å². The van der Waals surface area contributed by atoms with Crippen molar-refractivity contribution >= 4 is 40.1 Å². The van der Waals surface area contributed by atoms with Crippen LogP contribution in [0.2, 0.25) is 0 Å². The lowest BCUT2D eigenvalue weighted by Gasteiger charge is -2.11. The van der Waals surface area contributed by atoms with E-state index in [1.807, 2.05) is 0 Å². The van der Waals surface area contributed by atoms with E-state index >= 15 is 0 Å². The Kier molecular flexibility index (Phi) is 4.82. The van der Waals surface area contributed by atoms with E-state index in [4.69, 9.17) is 12.2 Å². The first-order chi connectivity index (χ1) is 10.9. The standard InChI is InChI=1S/C14H12N4O4S/c1-9-2-7-12(13(8-9)18(21)22)16-14(23)15-10-3-5-11(6-4-10)17(19)20/h2-8H,1H3,(H2,15,16,23). The Morgan fingerprint density at radius 3 is 2.22 bits per heavy atom. The van der Waals surface area contributed by atoms with Crippen LogP contribution in [0.3, 0.4) is 0 Å². The van der Waals surface area contributed by atoms with Gasteiger partial charge in [0.2, 0.25) is 0 Å². The van der Waals surface area contributed by atoms with Gasteiger partial charge in [-0.15, -0.1) is 0 Å². The zero-order valence-corrected chi connectivity index (χ0v) is 12.8. The lowest BCUT2D eigenvalue weighted by molar-refractivity contribution is -0.384. The number of nitrogens with one attached hydrogen (secondary N) is 2. The number of nitrogens with zero attached hydrogens (tertiary/aromatic N) is 2. The zero-order chi connectivity index (χ0) is 17.0. The number of anilines is 2. The highest BCUT2D eigenvalue weighted by Crippen LogP contribution is 2.25. The van der Waals surface area contributed by atoms with Crippen LogP contribution >= 0.6 is 12.2 Å². The van der Waals surface area contributed by atoms with Gasteiger partial charge in [-0.25, -0.2) is 0 Å². The minimum absolute atomic E-state index is 0.0383. The first kappa shape index (κ1) is 16.3. The van der Waals surface area contributed by atoms with Gasteiger partial charge in [-0.1, -0.05) is 6.07 Å². The second-order valence-corrected chi connectivity index (χ2v) is 5.07. The van der Waals surface area contributed by atoms with E-state index in [0.717, 1.165) is 5.56 Å². The fraction of sp³-hybridized carbons (Fsp3) is 0.0714. The molecule has 118 valence electrons. The van der Waals surface area contributed by atoms with E-state index in [1.54, 1.807) is 19.1 Å². The Morgan fingerprint density at radius 1 is 1.00 bits per heavy atom. The molecule has 2 rings (SSSR count). The molecule has 23 heavy (non-hydrogen) atoms. The third-order valence-electron chi connectivity index (χ3n) is 2.93. The molecule has 2 aromatic carbocycles. The number of aryl methyl sites for hydroxylation is 1. The van der Waals surface area contributed by atoms with E-state index in [2.05, 4.69) is 10.6 Å². The highest BCUT2D eigenvalue weighted by molar-refractivity contribution is 7.80. The third kappa shape index (κ3) is 4.20. The van der Waals surface area contributed by atoms with Gasteiger partial charge in [0.1, 0.15) is 5.69 Å². The molecular weight excluding hydrogens is 320 g/mol. The molecule has 8 nitrogen and oxygen atoms in total. The Hall–Kier alpha value is -3.07. The van der Waals surface area contributed by atoms with Gasteiger partial charge in [0.25, 0.3) is 11.4 Å². The summed E-state index contributed by atoms with van der Waals surface area (Å²) in [5.74, 6) is 0. The summed E-state index contributed by atoms with van der Waals surface area (Å²) in [5, 5.41) is 27.3. The Bertz CT molecular complexity index is 777. The molecule has 2 aromatic rings. The summed E-state index contributed by atoms with van der Waals surface area (Å²) in [5.41, 5.74) is 1.43. The summed E-state index contributed by atoms with van der Waals surface area (Å²) in [7, 11) is 0. The number of benzene rings is 2. The van der Waals surface area contributed by atoms with E-state index in [1.165, 1.54) is 30.3 Å². The normalized spacial score (nSPS) is 9.96. The van der Waals surface area contributed by atoms with Gasteiger partial charge in [0.15, 0.2) is 5.11 Å². The lowest BCUT2D eigenvalue weighted by atomic mass is 10.2. The Labute approximate surface area is 136 Å². The summed E-state index contributed by atoms with van der Waals surface area (Å²) in [6.45, 7) is 1.75. The molecule has 0 unspecified atom stereocenters. The van der Waals surface area contributed by atoms with Crippen LogP contribution in [0.1, 0.15) is 5.56 Å². The van der Waals surface area contributed by atoms with Crippen molar-refractivity contribution in [3.63, 3.8) is 0 Å². The van der Waals surface area contributed by atoms with Crippen LogP contribution in [0.5, 0.6) is 0 Å². The maximum Gasteiger partial charge on any atom is 0.292 e. The molecule has 0 aliphatic rings. The average molecular weight is 332 g/mol. The smallest absolute Gasteiger partial charge is 0.292 e. The van der Waals surface area contributed by atoms with E-state index in [0.29, 0.717) is 5.69 Å². The van der Waals surface area contributed by atoms with Gasteiger partial charge >= 0.3 is 0 Å². The number of hydrogen-bond donors (Lipinski definition) is 2. The fourth-order valence-electron chi connectivity index (χ4n) is 1.85. The zero-order valence-electron chi connectivity index (χ0n) is 12.0. The third-order valence-corrected chi connectivity index (χ3v) is 3.14. The molecule has 9 heteroatoms. The SMILES string of the molecule is Cc1ccc(NC(=S)Nc2ccc([N+](=O)[O-])cc2)c([N+](=O)[O-])c1. The predicted molar refractivity (Wildman–Crippen MR) is 90.8 cm³/mol. The summed E-state index contributed by atoms with van der Waals surface area (Å²) in [6.07, 6.45) is 0. The van der Waals surface area contributed by atoms with Crippen molar-refractivity contribution in [2.24, 2.45) is 0 Å². The van der Waals surface area contributed by atoms with Crippen LogP contribution < -0.4 is 10.6 Å². The van der Waals surface area contributed by atoms with E-state index in [9.17, 15) is 20.2 Å². The molecule has 2 N–H and O–H groups in total. The second-order valence-electron chi connectivity index (χ2n) is 4.66. The fourth-order valence-corrected chi connectivity index (χ4v) is 2.08. The van der Waals surface area contributed by atoms with Gasteiger partial charge in [-0.05, 0) is 42.9 Å². The average Bonchev–Trinajstić information content (AvgIpc) is 2.49. The van der Waals surface area contributed by atoms with Crippen molar-refractivity contribution in [1.82, 2.24) is 0 Å². The minimum Gasteiger partial charge on any atom is -0.332 e. The van der Waals surface area contributed by atoms with Crippen LogP contribution in [0.4, 0.5) is 22.7 Å². The number of hydrogen-bond acceptors (Lipinski definition) is 5. The van der Waals surface area contributed by atoms with Crippen molar-refractivity contribution in [3.8, 4) is 0 Å². The predicted octanol–water partition coefficient (Wildman–Crippen LogP) is 3.62. The molecule has 0 bridgehead atoms. The minimum atomic E-state index is -0.504. The molecule has 0 aliphatic heterocycles. The molecule has 0 aliphatic carbocycles. The van der Waals surface area contributed by atoms with Crippen LogP contribution in [-0.2, 0) is 0 Å². The first-order valence-corrected chi connectivity index (χ1v) is 6.85. The molecule has 0 radical (unpaired) electrons. The quantitative estimate of drug-likeness (QED) is 0.500. The van der Waals surface area contributed by atoms with E-state index in [-0.39, 0.29) is 22.2 Å². The van der Waals surface area contributed by atoms with Crippen molar-refractivity contribution in [2.45, 2.75) is 6.92 Å². The number of nitro benzene ring substituents is 2. The van der Waals surface area contributed by atoms with Gasteiger partial charge in [-0.2, -0.15) is 0 Å². The molecule has 0 saturated carbocycles. The summed E-state index contributed by atoms with van der Waals surface area (Å²) < 4.78 is 0.